The molecule has 1 saturated carbocycles. The van der Waals surface area contributed by atoms with E-state index in [0.717, 1.165) is 36.9 Å². The Kier molecular flexibility index (Phi) is 4.53. The molecule has 0 spiro atoms. The summed E-state index contributed by atoms with van der Waals surface area (Å²) in [6, 6.07) is 7.60. The minimum Gasteiger partial charge on any atom is -0.346 e. The highest BCUT2D eigenvalue weighted by Gasteiger charge is 2.28. The molecule has 0 aromatic heterocycles. The van der Waals surface area contributed by atoms with Gasteiger partial charge < -0.3 is 20.5 Å². The molecular weight excluding hydrogens is 268 g/mol. The second kappa shape index (κ2) is 6.56. The summed E-state index contributed by atoms with van der Waals surface area (Å²) < 4.78 is 11.0. The van der Waals surface area contributed by atoms with Crippen molar-refractivity contribution in [2.75, 3.05) is 18.5 Å². The van der Waals surface area contributed by atoms with Crippen molar-refractivity contribution in [3.63, 3.8) is 0 Å². The normalized spacial score (nSPS) is 26.7. The van der Waals surface area contributed by atoms with Crippen LogP contribution in [0.1, 0.15) is 37.5 Å². The number of amides is 1. The van der Waals surface area contributed by atoms with Crippen LogP contribution in [0.5, 0.6) is 0 Å². The molecule has 2 fully saturated rings. The van der Waals surface area contributed by atoms with E-state index in [1.54, 1.807) is 0 Å². The van der Waals surface area contributed by atoms with Gasteiger partial charge in [0.2, 0.25) is 5.91 Å². The van der Waals surface area contributed by atoms with E-state index in [4.69, 9.17) is 15.2 Å². The number of nitrogens with one attached hydrogen (secondary N) is 1. The number of hydrogen-bond donors (Lipinski definition) is 2. The maximum atomic E-state index is 12.4. The molecule has 1 saturated heterocycles. The van der Waals surface area contributed by atoms with Gasteiger partial charge in [0.15, 0.2) is 6.29 Å². The van der Waals surface area contributed by atoms with Crippen molar-refractivity contribution >= 4 is 11.6 Å². The number of rotatable bonds is 3. The molecule has 1 aromatic carbocycles. The Hall–Kier alpha value is -1.43. The Balaban J connectivity index is 1.66. The highest BCUT2D eigenvalue weighted by atomic mass is 16.7. The fraction of sp³-hybridized carbons (Fsp3) is 0.562. The predicted molar refractivity (Wildman–Crippen MR) is 79.7 cm³/mol. The largest absolute Gasteiger partial charge is 0.346 e. The van der Waals surface area contributed by atoms with Crippen LogP contribution in [0.4, 0.5) is 5.69 Å². The van der Waals surface area contributed by atoms with Crippen LogP contribution in [0.15, 0.2) is 24.3 Å². The summed E-state index contributed by atoms with van der Waals surface area (Å²) in [7, 11) is 0. The molecule has 114 valence electrons. The van der Waals surface area contributed by atoms with E-state index in [0.29, 0.717) is 13.2 Å². The monoisotopic (exact) mass is 290 g/mol. The third-order valence-electron chi connectivity index (χ3n) is 4.20. The second-order valence-corrected chi connectivity index (χ2v) is 5.74. The van der Waals surface area contributed by atoms with Crippen molar-refractivity contribution in [2.45, 2.75) is 38.0 Å². The van der Waals surface area contributed by atoms with Gasteiger partial charge in [0.1, 0.15) is 0 Å². The van der Waals surface area contributed by atoms with Gasteiger partial charge in [-0.3, -0.25) is 4.79 Å². The van der Waals surface area contributed by atoms with Crippen molar-refractivity contribution in [2.24, 2.45) is 11.7 Å². The Bertz CT molecular complexity index is 500. The van der Waals surface area contributed by atoms with Crippen LogP contribution < -0.4 is 11.1 Å². The van der Waals surface area contributed by atoms with E-state index >= 15 is 0 Å². The standard InChI is InChI=1S/C16H22N2O3/c17-14-7-2-1-6-13(14)15(19)18-12-5-3-4-11(10-12)16-20-8-9-21-16/h3-5,10,13-14,16H,1-2,6-9,17H2,(H,18,19). The number of nitrogens with two attached hydrogens (primary N) is 1. The quantitative estimate of drug-likeness (QED) is 0.895. The van der Waals surface area contributed by atoms with Gasteiger partial charge in [-0.2, -0.15) is 0 Å². The summed E-state index contributed by atoms with van der Waals surface area (Å²) in [4.78, 5) is 12.4. The summed E-state index contributed by atoms with van der Waals surface area (Å²) in [5.41, 5.74) is 7.76. The van der Waals surface area contributed by atoms with Gasteiger partial charge in [0, 0.05) is 17.3 Å². The first-order valence-electron chi connectivity index (χ1n) is 7.63. The first-order valence-corrected chi connectivity index (χ1v) is 7.63. The van der Waals surface area contributed by atoms with Crippen LogP contribution in [0, 0.1) is 5.92 Å². The number of ether oxygens (including phenoxy) is 2. The van der Waals surface area contributed by atoms with Crippen LogP contribution in [-0.4, -0.2) is 25.2 Å². The lowest BCUT2D eigenvalue weighted by Gasteiger charge is -2.27. The van der Waals surface area contributed by atoms with Crippen LogP contribution in [-0.2, 0) is 14.3 Å². The maximum Gasteiger partial charge on any atom is 0.229 e. The molecule has 1 aromatic rings. The highest BCUT2D eigenvalue weighted by molar-refractivity contribution is 5.93. The first-order chi connectivity index (χ1) is 10.2. The lowest BCUT2D eigenvalue weighted by atomic mass is 9.84. The third kappa shape index (κ3) is 3.43. The van der Waals surface area contributed by atoms with Crippen LogP contribution in [0.3, 0.4) is 0 Å². The fourth-order valence-corrected chi connectivity index (χ4v) is 3.03. The van der Waals surface area contributed by atoms with Crippen LogP contribution >= 0.6 is 0 Å². The Labute approximate surface area is 124 Å². The average molecular weight is 290 g/mol. The molecule has 1 aliphatic heterocycles. The van der Waals surface area contributed by atoms with Gasteiger partial charge in [-0.05, 0) is 25.0 Å². The number of benzene rings is 1. The average Bonchev–Trinajstić information content (AvgIpc) is 3.02. The number of hydrogen-bond acceptors (Lipinski definition) is 4. The molecule has 3 N–H and O–H groups in total. The lowest BCUT2D eigenvalue weighted by molar-refractivity contribution is -0.121. The van der Waals surface area contributed by atoms with E-state index in [1.165, 1.54) is 0 Å². The molecule has 1 amide bonds. The minimum atomic E-state index is -0.321. The fourth-order valence-electron chi connectivity index (χ4n) is 3.03. The van der Waals surface area contributed by atoms with Crippen molar-refractivity contribution in [1.82, 2.24) is 0 Å². The summed E-state index contributed by atoms with van der Waals surface area (Å²) in [5, 5.41) is 2.98. The molecule has 0 radical (unpaired) electrons. The molecule has 21 heavy (non-hydrogen) atoms. The zero-order valence-corrected chi connectivity index (χ0v) is 12.1. The van der Waals surface area contributed by atoms with Crippen LogP contribution in [0.2, 0.25) is 0 Å². The van der Waals surface area contributed by atoms with Crippen molar-refractivity contribution < 1.29 is 14.3 Å². The van der Waals surface area contributed by atoms with E-state index in [-0.39, 0.29) is 24.2 Å². The first kappa shape index (κ1) is 14.5. The Morgan fingerprint density at radius 1 is 1.19 bits per heavy atom. The summed E-state index contributed by atoms with van der Waals surface area (Å²) in [5.74, 6) is -0.0611. The van der Waals surface area contributed by atoms with Gasteiger partial charge >= 0.3 is 0 Å². The topological polar surface area (TPSA) is 73.6 Å². The predicted octanol–water partition coefficient (Wildman–Crippen LogP) is 2.19. The Morgan fingerprint density at radius 3 is 2.71 bits per heavy atom. The zero-order valence-electron chi connectivity index (χ0n) is 12.1. The molecule has 5 nitrogen and oxygen atoms in total. The van der Waals surface area contributed by atoms with Gasteiger partial charge in [-0.15, -0.1) is 0 Å². The number of carbonyl (C=O) groups is 1. The molecule has 3 rings (SSSR count). The summed E-state index contributed by atoms with van der Waals surface area (Å²) in [6.45, 7) is 1.22. The zero-order chi connectivity index (χ0) is 14.7. The third-order valence-corrected chi connectivity index (χ3v) is 4.20. The molecular formula is C16H22N2O3. The van der Waals surface area contributed by atoms with Gasteiger partial charge in [-0.1, -0.05) is 25.0 Å². The van der Waals surface area contributed by atoms with E-state index in [2.05, 4.69) is 5.32 Å². The second-order valence-electron chi connectivity index (χ2n) is 5.74. The summed E-state index contributed by atoms with van der Waals surface area (Å²) in [6.07, 6.45) is 3.69. The van der Waals surface area contributed by atoms with Gasteiger partial charge in [-0.25, -0.2) is 0 Å². The molecule has 1 aliphatic carbocycles. The van der Waals surface area contributed by atoms with Gasteiger partial charge in [0.25, 0.3) is 0 Å². The summed E-state index contributed by atoms with van der Waals surface area (Å²) >= 11 is 0. The molecule has 2 unspecified atom stereocenters. The maximum absolute atomic E-state index is 12.4. The van der Waals surface area contributed by atoms with E-state index in [9.17, 15) is 4.79 Å². The van der Waals surface area contributed by atoms with E-state index in [1.807, 2.05) is 24.3 Å². The molecule has 0 bridgehead atoms. The minimum absolute atomic E-state index is 0.0209. The van der Waals surface area contributed by atoms with Crippen LogP contribution in [0.25, 0.3) is 0 Å². The van der Waals surface area contributed by atoms with E-state index < -0.39 is 0 Å². The lowest BCUT2D eigenvalue weighted by Crippen LogP contribution is -2.40. The molecule has 2 aliphatic rings. The van der Waals surface area contributed by atoms with Crippen molar-refractivity contribution in [3.8, 4) is 0 Å². The molecule has 1 heterocycles. The number of carbonyl (C=O) groups excluding carboxylic acids is 1. The van der Waals surface area contributed by atoms with Gasteiger partial charge in [0.05, 0.1) is 19.1 Å². The van der Waals surface area contributed by atoms with Crippen molar-refractivity contribution in [3.05, 3.63) is 29.8 Å². The molecule has 5 heteroatoms. The smallest absolute Gasteiger partial charge is 0.229 e. The van der Waals surface area contributed by atoms with Crippen molar-refractivity contribution in [1.29, 1.82) is 0 Å². The Morgan fingerprint density at radius 2 is 1.95 bits per heavy atom. The SMILES string of the molecule is NC1CCCCC1C(=O)Nc1cccc(C2OCCO2)c1. The molecule has 2 atom stereocenters. The number of anilines is 1. The highest BCUT2D eigenvalue weighted by Crippen LogP contribution is 2.27.